The third-order valence-electron chi connectivity index (χ3n) is 4.63. The molecule has 5 heteroatoms. The Bertz CT molecular complexity index is 626. The molecule has 2 aromatic rings. The van der Waals surface area contributed by atoms with Gasteiger partial charge < -0.3 is 10.6 Å². The quantitative estimate of drug-likeness (QED) is 0.834. The molecular weight excluding hydrogens is 250 g/mol. The van der Waals surface area contributed by atoms with E-state index in [0.717, 1.165) is 48.6 Å². The Morgan fingerprint density at radius 3 is 3.05 bits per heavy atom. The van der Waals surface area contributed by atoms with Crippen molar-refractivity contribution in [1.82, 2.24) is 20.1 Å². The number of hydrogen-bond donors (Lipinski definition) is 2. The minimum absolute atomic E-state index is 0.508. The summed E-state index contributed by atoms with van der Waals surface area (Å²) in [6, 6.07) is 4.72. The van der Waals surface area contributed by atoms with Gasteiger partial charge in [-0.05, 0) is 57.3 Å². The van der Waals surface area contributed by atoms with Crippen molar-refractivity contribution < 1.29 is 0 Å². The maximum absolute atomic E-state index is 4.79. The molecule has 1 saturated heterocycles. The van der Waals surface area contributed by atoms with Crippen LogP contribution in [0.2, 0.25) is 0 Å². The summed E-state index contributed by atoms with van der Waals surface area (Å²) in [7, 11) is 0. The molecule has 0 bridgehead atoms. The number of hydrogen-bond acceptors (Lipinski definition) is 4. The Morgan fingerprint density at radius 1 is 1.25 bits per heavy atom. The molecule has 2 N–H and O–H groups in total. The third-order valence-corrected chi connectivity index (χ3v) is 4.63. The zero-order valence-electron chi connectivity index (χ0n) is 11.9. The number of anilines is 1. The lowest BCUT2D eigenvalue weighted by Crippen LogP contribution is -2.38. The van der Waals surface area contributed by atoms with Crippen LogP contribution in [0.15, 0.2) is 12.1 Å². The van der Waals surface area contributed by atoms with E-state index in [4.69, 9.17) is 5.10 Å². The topological polar surface area (TPSA) is 54.8 Å². The highest BCUT2D eigenvalue weighted by atomic mass is 15.4. The first-order valence-corrected chi connectivity index (χ1v) is 7.63. The molecular formula is C15H21N5. The maximum atomic E-state index is 4.79. The summed E-state index contributed by atoms with van der Waals surface area (Å²) in [6.07, 6.45) is 3.74. The van der Waals surface area contributed by atoms with E-state index in [0.29, 0.717) is 12.0 Å². The summed E-state index contributed by atoms with van der Waals surface area (Å²) < 4.78 is 2.21. The number of rotatable bonds is 1. The van der Waals surface area contributed by atoms with E-state index in [9.17, 15) is 0 Å². The van der Waals surface area contributed by atoms with E-state index in [1.165, 1.54) is 12.8 Å². The first-order chi connectivity index (χ1) is 9.83. The number of aromatic nitrogens is 3. The van der Waals surface area contributed by atoms with E-state index in [1.807, 2.05) is 6.92 Å². The average molecular weight is 271 g/mol. The van der Waals surface area contributed by atoms with Crippen molar-refractivity contribution in [3.63, 3.8) is 0 Å². The zero-order valence-corrected chi connectivity index (χ0v) is 11.9. The molecule has 2 atom stereocenters. The predicted molar refractivity (Wildman–Crippen MR) is 80.0 cm³/mol. The maximum Gasteiger partial charge on any atom is 0.183 e. The van der Waals surface area contributed by atoms with Crippen molar-refractivity contribution in [1.29, 1.82) is 0 Å². The minimum Gasteiger partial charge on any atom is -0.370 e. The second kappa shape index (κ2) is 4.74. The minimum atomic E-state index is 0.508. The normalized spacial score (nSPS) is 26.2. The van der Waals surface area contributed by atoms with E-state index in [1.54, 1.807) is 0 Å². The van der Waals surface area contributed by atoms with Gasteiger partial charge in [-0.1, -0.05) is 0 Å². The summed E-state index contributed by atoms with van der Waals surface area (Å²) in [5.41, 5.74) is 1.91. The van der Waals surface area contributed by atoms with Crippen molar-refractivity contribution in [2.45, 2.75) is 32.2 Å². The molecule has 4 rings (SSSR count). The first kappa shape index (κ1) is 12.1. The van der Waals surface area contributed by atoms with Crippen LogP contribution in [0, 0.1) is 12.8 Å². The predicted octanol–water partition coefficient (Wildman–Crippen LogP) is 2.10. The van der Waals surface area contributed by atoms with Gasteiger partial charge in [0.2, 0.25) is 0 Å². The Morgan fingerprint density at radius 2 is 2.20 bits per heavy atom. The van der Waals surface area contributed by atoms with Crippen molar-refractivity contribution in [3.8, 4) is 0 Å². The van der Waals surface area contributed by atoms with Gasteiger partial charge in [0, 0.05) is 12.2 Å². The van der Waals surface area contributed by atoms with E-state index in [2.05, 4.69) is 32.4 Å². The monoisotopic (exact) mass is 271 g/mol. The molecule has 0 aliphatic carbocycles. The molecule has 2 unspecified atom stereocenters. The van der Waals surface area contributed by atoms with Crippen LogP contribution in [0.1, 0.15) is 31.0 Å². The number of nitrogens with one attached hydrogen (secondary N) is 2. The molecule has 2 aromatic heterocycles. The molecule has 1 fully saturated rings. The highest BCUT2D eigenvalue weighted by Crippen LogP contribution is 2.36. The highest BCUT2D eigenvalue weighted by molar-refractivity contribution is 5.87. The summed E-state index contributed by atoms with van der Waals surface area (Å²) in [6.45, 7) is 5.34. The standard InChI is InChI=1S/C15H21N5/c1-10-4-5-12-14(18-10)19-20-13(6-8-17-15(12)20)11-3-2-7-16-9-11/h4-5,11,13,16-17H,2-3,6-9H2,1H3. The SMILES string of the molecule is Cc1ccc2c3n(nc2n1)C(C1CCCNC1)CCN3. The fourth-order valence-electron chi connectivity index (χ4n) is 3.60. The first-order valence-electron chi connectivity index (χ1n) is 7.63. The lowest BCUT2D eigenvalue weighted by molar-refractivity contribution is 0.236. The molecule has 0 amide bonds. The third kappa shape index (κ3) is 1.88. The molecule has 4 heterocycles. The Balaban J connectivity index is 1.78. The summed E-state index contributed by atoms with van der Waals surface area (Å²) in [5, 5.41) is 13.0. The number of aryl methyl sites for hydroxylation is 1. The zero-order chi connectivity index (χ0) is 13.5. The molecule has 0 radical (unpaired) electrons. The second-order valence-corrected chi connectivity index (χ2v) is 6.01. The molecule has 2 aliphatic heterocycles. The van der Waals surface area contributed by atoms with Gasteiger partial charge in [-0.15, -0.1) is 0 Å². The Hall–Kier alpha value is -1.62. The average Bonchev–Trinajstić information content (AvgIpc) is 2.85. The molecule has 20 heavy (non-hydrogen) atoms. The van der Waals surface area contributed by atoms with Crippen LogP contribution in [0.25, 0.3) is 11.0 Å². The van der Waals surface area contributed by atoms with Crippen LogP contribution in [0.5, 0.6) is 0 Å². The van der Waals surface area contributed by atoms with Crippen molar-refractivity contribution in [2.24, 2.45) is 5.92 Å². The number of pyridine rings is 1. The van der Waals surface area contributed by atoms with Gasteiger partial charge in [-0.25, -0.2) is 9.67 Å². The van der Waals surface area contributed by atoms with Gasteiger partial charge in [0.15, 0.2) is 5.65 Å². The lowest BCUT2D eigenvalue weighted by Gasteiger charge is -2.34. The largest absolute Gasteiger partial charge is 0.370 e. The van der Waals surface area contributed by atoms with Gasteiger partial charge >= 0.3 is 0 Å². The van der Waals surface area contributed by atoms with Crippen LogP contribution in [-0.4, -0.2) is 34.4 Å². The molecule has 5 nitrogen and oxygen atoms in total. The van der Waals surface area contributed by atoms with Crippen LogP contribution >= 0.6 is 0 Å². The molecule has 0 saturated carbocycles. The molecule has 0 spiro atoms. The summed E-state index contributed by atoms with van der Waals surface area (Å²) >= 11 is 0. The molecule has 2 aliphatic rings. The van der Waals surface area contributed by atoms with Crippen LogP contribution in [-0.2, 0) is 0 Å². The van der Waals surface area contributed by atoms with Crippen LogP contribution in [0.4, 0.5) is 5.82 Å². The summed E-state index contributed by atoms with van der Waals surface area (Å²) in [4.78, 5) is 4.57. The second-order valence-electron chi connectivity index (χ2n) is 6.01. The van der Waals surface area contributed by atoms with Gasteiger partial charge in [0.1, 0.15) is 5.82 Å². The van der Waals surface area contributed by atoms with Crippen LogP contribution in [0.3, 0.4) is 0 Å². The van der Waals surface area contributed by atoms with Gasteiger partial charge in [0.05, 0.1) is 11.4 Å². The highest BCUT2D eigenvalue weighted by Gasteiger charge is 2.30. The van der Waals surface area contributed by atoms with Gasteiger partial charge in [-0.3, -0.25) is 0 Å². The molecule has 0 aromatic carbocycles. The Labute approximate surface area is 118 Å². The summed E-state index contributed by atoms with van der Waals surface area (Å²) in [5.74, 6) is 1.86. The van der Waals surface area contributed by atoms with Crippen molar-refractivity contribution in [3.05, 3.63) is 17.8 Å². The van der Waals surface area contributed by atoms with E-state index < -0.39 is 0 Å². The lowest BCUT2D eigenvalue weighted by atomic mass is 9.89. The van der Waals surface area contributed by atoms with Gasteiger partial charge in [0.25, 0.3) is 0 Å². The number of nitrogens with zero attached hydrogens (tertiary/aromatic N) is 3. The van der Waals surface area contributed by atoms with E-state index >= 15 is 0 Å². The Kier molecular flexibility index (Phi) is 2.88. The van der Waals surface area contributed by atoms with Crippen LogP contribution < -0.4 is 10.6 Å². The van der Waals surface area contributed by atoms with Gasteiger partial charge in [-0.2, -0.15) is 5.10 Å². The fraction of sp³-hybridized carbons (Fsp3) is 0.600. The smallest absolute Gasteiger partial charge is 0.183 e. The number of piperidine rings is 1. The number of fused-ring (bicyclic) bond motifs is 3. The van der Waals surface area contributed by atoms with E-state index in [-0.39, 0.29) is 0 Å². The van der Waals surface area contributed by atoms with Crippen molar-refractivity contribution in [2.75, 3.05) is 25.0 Å². The molecule has 106 valence electrons. The van der Waals surface area contributed by atoms with Crippen molar-refractivity contribution >= 4 is 16.9 Å². The fourth-order valence-corrected chi connectivity index (χ4v) is 3.60.